The molecule has 2 rings (SSSR count). The Balaban J connectivity index is 2.01. The highest BCUT2D eigenvalue weighted by molar-refractivity contribution is 5.24. The number of hydrogen-bond donors (Lipinski definition) is 1. The van der Waals surface area contributed by atoms with Crippen LogP contribution in [-0.4, -0.2) is 16.3 Å². The lowest BCUT2D eigenvalue weighted by Gasteiger charge is -2.18. The van der Waals surface area contributed by atoms with Crippen molar-refractivity contribution in [2.24, 2.45) is 7.05 Å². The molecule has 0 fully saturated rings. The van der Waals surface area contributed by atoms with Crippen LogP contribution in [0.5, 0.6) is 0 Å². The average molecular weight is 257 g/mol. The van der Waals surface area contributed by atoms with Crippen molar-refractivity contribution < 1.29 is 0 Å². The maximum Gasteiger partial charge on any atom is 0.0521 e. The predicted octanol–water partition coefficient (Wildman–Crippen LogP) is 3.01. The van der Waals surface area contributed by atoms with Gasteiger partial charge in [0, 0.05) is 19.3 Å². The molecule has 3 heteroatoms. The number of nitrogens with one attached hydrogen (secondary N) is 1. The molecule has 0 spiro atoms. The van der Waals surface area contributed by atoms with Gasteiger partial charge in [-0.3, -0.25) is 4.68 Å². The van der Waals surface area contributed by atoms with Gasteiger partial charge in [-0.1, -0.05) is 36.8 Å². The Morgan fingerprint density at radius 3 is 2.58 bits per heavy atom. The zero-order valence-electron chi connectivity index (χ0n) is 12.1. The Kier molecular flexibility index (Phi) is 4.74. The Morgan fingerprint density at radius 2 is 2.00 bits per heavy atom. The summed E-state index contributed by atoms with van der Waals surface area (Å²) in [5, 5.41) is 7.79. The molecule has 102 valence electrons. The molecular weight excluding hydrogens is 234 g/mol. The summed E-state index contributed by atoms with van der Waals surface area (Å²) in [6.45, 7) is 5.28. The third kappa shape index (κ3) is 3.93. The molecule has 1 heterocycles. The van der Waals surface area contributed by atoms with Crippen LogP contribution in [0.1, 0.15) is 36.1 Å². The molecule has 1 atom stereocenters. The normalized spacial score (nSPS) is 12.6. The molecule has 0 aliphatic heterocycles. The zero-order valence-corrected chi connectivity index (χ0v) is 12.1. The fourth-order valence-corrected chi connectivity index (χ4v) is 2.34. The summed E-state index contributed by atoms with van der Waals surface area (Å²) in [5.74, 6) is 0. The van der Waals surface area contributed by atoms with E-state index in [1.165, 1.54) is 16.7 Å². The first-order valence-electron chi connectivity index (χ1n) is 6.96. The van der Waals surface area contributed by atoms with Crippen molar-refractivity contribution in [1.29, 1.82) is 0 Å². The fraction of sp³-hybridized carbons (Fsp3) is 0.438. The minimum atomic E-state index is 0.422. The lowest BCUT2D eigenvalue weighted by Crippen LogP contribution is -2.21. The molecule has 0 radical (unpaired) electrons. The lowest BCUT2D eigenvalue weighted by molar-refractivity contribution is 0.515. The Morgan fingerprint density at radius 1 is 1.26 bits per heavy atom. The van der Waals surface area contributed by atoms with E-state index in [4.69, 9.17) is 0 Å². The van der Waals surface area contributed by atoms with E-state index in [0.717, 1.165) is 19.4 Å². The molecule has 1 unspecified atom stereocenters. The van der Waals surface area contributed by atoms with Crippen molar-refractivity contribution in [1.82, 2.24) is 15.1 Å². The van der Waals surface area contributed by atoms with Gasteiger partial charge >= 0.3 is 0 Å². The Hall–Kier alpha value is -1.61. The summed E-state index contributed by atoms with van der Waals surface area (Å²) in [6, 6.07) is 9.25. The molecular formula is C16H23N3. The average Bonchev–Trinajstić information content (AvgIpc) is 2.81. The first-order chi connectivity index (χ1) is 9.19. The third-order valence-electron chi connectivity index (χ3n) is 3.41. The molecule has 1 aromatic carbocycles. The standard InChI is InChI=1S/C16H23N3/c1-4-17-16(15-8-5-13(2)6-9-15)10-7-14-11-18-19(3)12-14/h5-6,8-9,11-12,16-17H,4,7,10H2,1-3H3. The van der Waals surface area contributed by atoms with Gasteiger partial charge in [-0.15, -0.1) is 0 Å². The van der Waals surface area contributed by atoms with E-state index in [1.807, 2.05) is 17.9 Å². The molecule has 2 aromatic rings. The number of hydrogen-bond acceptors (Lipinski definition) is 2. The summed E-state index contributed by atoms with van der Waals surface area (Å²) >= 11 is 0. The molecule has 19 heavy (non-hydrogen) atoms. The highest BCUT2D eigenvalue weighted by Gasteiger charge is 2.10. The van der Waals surface area contributed by atoms with Crippen molar-refractivity contribution in [2.75, 3.05) is 6.54 Å². The summed E-state index contributed by atoms with van der Waals surface area (Å²) in [4.78, 5) is 0. The van der Waals surface area contributed by atoms with Gasteiger partial charge in [0.05, 0.1) is 6.20 Å². The summed E-state index contributed by atoms with van der Waals surface area (Å²) < 4.78 is 1.86. The minimum Gasteiger partial charge on any atom is -0.310 e. The van der Waals surface area contributed by atoms with E-state index >= 15 is 0 Å². The van der Waals surface area contributed by atoms with Crippen molar-refractivity contribution in [2.45, 2.75) is 32.7 Å². The Bertz CT molecular complexity index is 499. The van der Waals surface area contributed by atoms with Gasteiger partial charge in [-0.05, 0) is 37.4 Å². The first kappa shape index (κ1) is 13.8. The van der Waals surface area contributed by atoms with Crippen molar-refractivity contribution in [3.05, 3.63) is 53.3 Å². The van der Waals surface area contributed by atoms with E-state index < -0.39 is 0 Å². The largest absolute Gasteiger partial charge is 0.310 e. The zero-order chi connectivity index (χ0) is 13.7. The molecule has 3 nitrogen and oxygen atoms in total. The molecule has 0 bridgehead atoms. The fourth-order valence-electron chi connectivity index (χ4n) is 2.34. The summed E-state index contributed by atoms with van der Waals surface area (Å²) in [7, 11) is 1.96. The quantitative estimate of drug-likeness (QED) is 0.862. The molecule has 0 aliphatic rings. The van der Waals surface area contributed by atoms with E-state index in [2.05, 4.69) is 54.7 Å². The summed E-state index contributed by atoms with van der Waals surface area (Å²) in [6.07, 6.45) is 6.21. The number of aromatic nitrogens is 2. The summed E-state index contributed by atoms with van der Waals surface area (Å²) in [5.41, 5.74) is 3.99. The van der Waals surface area contributed by atoms with Gasteiger partial charge in [-0.25, -0.2) is 0 Å². The van der Waals surface area contributed by atoms with E-state index in [-0.39, 0.29) is 0 Å². The third-order valence-corrected chi connectivity index (χ3v) is 3.41. The maximum atomic E-state index is 4.22. The predicted molar refractivity (Wildman–Crippen MR) is 79.1 cm³/mol. The van der Waals surface area contributed by atoms with Crippen LogP contribution in [0.4, 0.5) is 0 Å². The van der Waals surface area contributed by atoms with Crippen LogP contribution >= 0.6 is 0 Å². The van der Waals surface area contributed by atoms with Crippen molar-refractivity contribution >= 4 is 0 Å². The SMILES string of the molecule is CCNC(CCc1cnn(C)c1)c1ccc(C)cc1. The van der Waals surface area contributed by atoms with Gasteiger partial charge in [0.25, 0.3) is 0 Å². The van der Waals surface area contributed by atoms with Crippen LogP contribution in [0.15, 0.2) is 36.7 Å². The maximum absolute atomic E-state index is 4.22. The van der Waals surface area contributed by atoms with E-state index in [0.29, 0.717) is 6.04 Å². The molecule has 1 N–H and O–H groups in total. The highest BCUT2D eigenvalue weighted by Crippen LogP contribution is 2.19. The second kappa shape index (κ2) is 6.53. The minimum absolute atomic E-state index is 0.422. The van der Waals surface area contributed by atoms with Crippen molar-refractivity contribution in [3.8, 4) is 0 Å². The number of aryl methyl sites for hydroxylation is 3. The monoisotopic (exact) mass is 257 g/mol. The van der Waals surface area contributed by atoms with E-state index in [1.54, 1.807) is 0 Å². The van der Waals surface area contributed by atoms with Gasteiger partial charge < -0.3 is 5.32 Å². The van der Waals surface area contributed by atoms with E-state index in [9.17, 15) is 0 Å². The second-order valence-corrected chi connectivity index (χ2v) is 5.08. The Labute approximate surface area is 115 Å². The number of nitrogens with zero attached hydrogens (tertiary/aromatic N) is 2. The number of rotatable bonds is 6. The molecule has 1 aromatic heterocycles. The van der Waals surface area contributed by atoms with Crippen LogP contribution in [0.3, 0.4) is 0 Å². The van der Waals surface area contributed by atoms with Crippen LogP contribution in [0.2, 0.25) is 0 Å². The van der Waals surface area contributed by atoms with Gasteiger partial charge in [0.15, 0.2) is 0 Å². The molecule has 0 aliphatic carbocycles. The van der Waals surface area contributed by atoms with Crippen LogP contribution in [-0.2, 0) is 13.5 Å². The van der Waals surface area contributed by atoms with Crippen LogP contribution in [0, 0.1) is 6.92 Å². The smallest absolute Gasteiger partial charge is 0.0521 e. The lowest BCUT2D eigenvalue weighted by atomic mass is 9.99. The van der Waals surface area contributed by atoms with Gasteiger partial charge in [0.1, 0.15) is 0 Å². The molecule has 0 amide bonds. The number of benzene rings is 1. The first-order valence-corrected chi connectivity index (χ1v) is 6.96. The van der Waals surface area contributed by atoms with Gasteiger partial charge in [-0.2, -0.15) is 5.10 Å². The second-order valence-electron chi connectivity index (χ2n) is 5.08. The highest BCUT2D eigenvalue weighted by atomic mass is 15.2. The van der Waals surface area contributed by atoms with Gasteiger partial charge in [0.2, 0.25) is 0 Å². The molecule has 0 saturated heterocycles. The van der Waals surface area contributed by atoms with Crippen LogP contribution < -0.4 is 5.32 Å². The topological polar surface area (TPSA) is 29.9 Å². The van der Waals surface area contributed by atoms with Crippen LogP contribution in [0.25, 0.3) is 0 Å². The van der Waals surface area contributed by atoms with Crippen molar-refractivity contribution in [3.63, 3.8) is 0 Å². The molecule has 0 saturated carbocycles.